The summed E-state index contributed by atoms with van der Waals surface area (Å²) in [5, 5.41) is 2.90. The van der Waals surface area contributed by atoms with Crippen LogP contribution in [0.2, 0.25) is 0 Å². The number of carbonyl (C=O) groups is 1. The molecule has 0 aromatic heterocycles. The highest BCUT2D eigenvalue weighted by molar-refractivity contribution is 9.10. The highest BCUT2D eigenvalue weighted by atomic mass is 79.9. The molecular formula is C14H20BrFN2O. The molecule has 0 saturated heterocycles. The maximum absolute atomic E-state index is 13.4. The molecule has 0 spiro atoms. The van der Waals surface area contributed by atoms with Gasteiger partial charge in [0, 0.05) is 12.1 Å². The minimum absolute atomic E-state index is 0.177. The molecule has 5 heteroatoms. The van der Waals surface area contributed by atoms with Crippen molar-refractivity contribution in [1.82, 2.24) is 5.32 Å². The average molecular weight is 331 g/mol. The molecule has 1 atom stereocenters. The molecule has 0 saturated carbocycles. The van der Waals surface area contributed by atoms with Crippen LogP contribution in [-0.4, -0.2) is 18.0 Å². The molecule has 3 nitrogen and oxygen atoms in total. The van der Waals surface area contributed by atoms with Crippen molar-refractivity contribution in [3.8, 4) is 0 Å². The van der Waals surface area contributed by atoms with Gasteiger partial charge in [-0.2, -0.15) is 0 Å². The molecule has 106 valence electrons. The van der Waals surface area contributed by atoms with Crippen LogP contribution < -0.4 is 11.1 Å². The van der Waals surface area contributed by atoms with Crippen molar-refractivity contribution in [2.45, 2.75) is 32.7 Å². The Morgan fingerprint density at radius 3 is 2.68 bits per heavy atom. The molecule has 1 aromatic carbocycles. The lowest BCUT2D eigenvalue weighted by atomic mass is 9.90. The van der Waals surface area contributed by atoms with Crippen LogP contribution in [0.15, 0.2) is 22.7 Å². The van der Waals surface area contributed by atoms with Crippen LogP contribution in [0, 0.1) is 11.7 Å². The zero-order chi connectivity index (χ0) is 14.6. The van der Waals surface area contributed by atoms with Gasteiger partial charge in [0.1, 0.15) is 5.82 Å². The van der Waals surface area contributed by atoms with E-state index in [1.54, 1.807) is 6.07 Å². The molecule has 0 bridgehead atoms. The van der Waals surface area contributed by atoms with Crippen molar-refractivity contribution in [3.63, 3.8) is 0 Å². The Balaban J connectivity index is 2.92. The summed E-state index contributed by atoms with van der Waals surface area (Å²) in [5.41, 5.74) is 5.54. The number of amides is 1. The molecule has 3 N–H and O–H groups in total. The van der Waals surface area contributed by atoms with Gasteiger partial charge >= 0.3 is 0 Å². The third-order valence-electron chi connectivity index (χ3n) is 2.92. The first-order chi connectivity index (χ1) is 8.79. The summed E-state index contributed by atoms with van der Waals surface area (Å²) in [6, 6.07) is 4.39. The molecule has 0 heterocycles. The Hall–Kier alpha value is -0.940. The quantitative estimate of drug-likeness (QED) is 0.871. The van der Waals surface area contributed by atoms with Crippen LogP contribution >= 0.6 is 15.9 Å². The first-order valence-corrected chi connectivity index (χ1v) is 7.05. The van der Waals surface area contributed by atoms with Gasteiger partial charge in [-0.25, -0.2) is 4.39 Å². The molecule has 0 aliphatic carbocycles. The van der Waals surface area contributed by atoms with Crippen LogP contribution in [0.1, 0.15) is 37.6 Å². The fourth-order valence-electron chi connectivity index (χ4n) is 2.11. The van der Waals surface area contributed by atoms with Crippen molar-refractivity contribution in [1.29, 1.82) is 0 Å². The van der Waals surface area contributed by atoms with E-state index in [-0.39, 0.29) is 15.9 Å². The standard InChI is InChI=1S/C14H20BrFN2O/c1-9(2)7-14(3,8-17)18-13(19)10-5-4-6-11(16)12(10)15/h4-6,9H,7-8,17H2,1-3H3,(H,18,19). The van der Waals surface area contributed by atoms with Gasteiger partial charge in [-0.05, 0) is 47.3 Å². The summed E-state index contributed by atoms with van der Waals surface area (Å²) < 4.78 is 13.6. The van der Waals surface area contributed by atoms with Crippen molar-refractivity contribution < 1.29 is 9.18 Å². The van der Waals surface area contributed by atoms with E-state index in [9.17, 15) is 9.18 Å². The minimum Gasteiger partial charge on any atom is -0.346 e. The van der Waals surface area contributed by atoms with Crippen LogP contribution in [0.4, 0.5) is 4.39 Å². The lowest BCUT2D eigenvalue weighted by Crippen LogP contribution is -2.52. The van der Waals surface area contributed by atoms with E-state index in [4.69, 9.17) is 5.73 Å². The zero-order valence-electron chi connectivity index (χ0n) is 11.5. The molecule has 0 aliphatic rings. The lowest BCUT2D eigenvalue weighted by molar-refractivity contribution is 0.0897. The van der Waals surface area contributed by atoms with E-state index >= 15 is 0 Å². The predicted molar refractivity (Wildman–Crippen MR) is 78.5 cm³/mol. The normalized spacial score (nSPS) is 14.3. The van der Waals surface area contributed by atoms with Crippen molar-refractivity contribution in [2.24, 2.45) is 11.7 Å². The van der Waals surface area contributed by atoms with E-state index in [0.717, 1.165) is 6.42 Å². The van der Waals surface area contributed by atoms with Gasteiger partial charge < -0.3 is 11.1 Å². The smallest absolute Gasteiger partial charge is 0.252 e. The Morgan fingerprint density at radius 1 is 1.53 bits per heavy atom. The summed E-state index contributed by atoms with van der Waals surface area (Å²) in [5.74, 6) is -0.365. The molecule has 19 heavy (non-hydrogen) atoms. The first-order valence-electron chi connectivity index (χ1n) is 6.25. The molecular weight excluding hydrogens is 311 g/mol. The predicted octanol–water partition coefficient (Wildman–Crippen LogP) is 3.08. The number of rotatable bonds is 5. The van der Waals surface area contributed by atoms with Gasteiger partial charge in [-0.15, -0.1) is 0 Å². The minimum atomic E-state index is -0.489. The number of hydrogen-bond donors (Lipinski definition) is 2. The fraction of sp³-hybridized carbons (Fsp3) is 0.500. The second kappa shape index (κ2) is 6.48. The topological polar surface area (TPSA) is 55.1 Å². The number of carbonyl (C=O) groups excluding carboxylic acids is 1. The van der Waals surface area contributed by atoms with Gasteiger partial charge in [0.2, 0.25) is 0 Å². The first kappa shape index (κ1) is 16.1. The summed E-state index contributed by atoms with van der Waals surface area (Å²) in [4.78, 5) is 12.2. The van der Waals surface area contributed by atoms with Gasteiger partial charge in [0.25, 0.3) is 5.91 Å². The third-order valence-corrected chi connectivity index (χ3v) is 3.73. The largest absolute Gasteiger partial charge is 0.346 e. The number of nitrogens with one attached hydrogen (secondary N) is 1. The Kier molecular flexibility index (Phi) is 5.50. The van der Waals surface area contributed by atoms with Crippen LogP contribution in [-0.2, 0) is 0 Å². The highest BCUT2D eigenvalue weighted by Crippen LogP contribution is 2.22. The van der Waals surface area contributed by atoms with Gasteiger partial charge in [-0.3, -0.25) is 4.79 Å². The van der Waals surface area contributed by atoms with E-state index < -0.39 is 11.4 Å². The molecule has 0 fully saturated rings. The van der Waals surface area contributed by atoms with E-state index in [0.29, 0.717) is 12.5 Å². The Bertz CT molecular complexity index is 465. The maximum atomic E-state index is 13.4. The summed E-state index contributed by atoms with van der Waals surface area (Å²) in [7, 11) is 0. The number of benzene rings is 1. The second-order valence-corrected chi connectivity index (χ2v) is 6.21. The van der Waals surface area contributed by atoms with E-state index in [1.165, 1.54) is 12.1 Å². The average Bonchev–Trinajstić information content (AvgIpc) is 2.31. The number of nitrogens with two attached hydrogens (primary N) is 1. The van der Waals surface area contributed by atoms with Gasteiger partial charge in [0.05, 0.1) is 10.0 Å². The third kappa shape index (κ3) is 4.28. The van der Waals surface area contributed by atoms with Crippen LogP contribution in [0.25, 0.3) is 0 Å². The Labute approximate surface area is 121 Å². The second-order valence-electron chi connectivity index (χ2n) is 5.42. The van der Waals surface area contributed by atoms with E-state index in [2.05, 4.69) is 35.1 Å². The summed E-state index contributed by atoms with van der Waals surface area (Å²) in [6.45, 7) is 6.37. The molecule has 1 unspecified atom stereocenters. The van der Waals surface area contributed by atoms with E-state index in [1.807, 2.05) is 6.92 Å². The fourth-order valence-corrected chi connectivity index (χ4v) is 2.55. The molecule has 1 amide bonds. The summed E-state index contributed by atoms with van der Waals surface area (Å²) >= 11 is 3.09. The molecule has 1 rings (SSSR count). The molecule has 1 aromatic rings. The molecule has 0 radical (unpaired) electrons. The van der Waals surface area contributed by atoms with Crippen molar-refractivity contribution >= 4 is 21.8 Å². The van der Waals surface area contributed by atoms with Crippen molar-refractivity contribution in [3.05, 3.63) is 34.1 Å². The van der Waals surface area contributed by atoms with Crippen molar-refractivity contribution in [2.75, 3.05) is 6.54 Å². The SMILES string of the molecule is CC(C)CC(C)(CN)NC(=O)c1cccc(F)c1Br. The maximum Gasteiger partial charge on any atom is 0.252 e. The lowest BCUT2D eigenvalue weighted by Gasteiger charge is -2.31. The summed E-state index contributed by atoms with van der Waals surface area (Å²) in [6.07, 6.45) is 0.766. The van der Waals surface area contributed by atoms with Crippen LogP contribution in [0.3, 0.4) is 0 Å². The number of halogens is 2. The molecule has 0 aliphatic heterocycles. The highest BCUT2D eigenvalue weighted by Gasteiger charge is 2.27. The van der Waals surface area contributed by atoms with Gasteiger partial charge in [0.15, 0.2) is 0 Å². The zero-order valence-corrected chi connectivity index (χ0v) is 13.1. The number of hydrogen-bond acceptors (Lipinski definition) is 2. The monoisotopic (exact) mass is 330 g/mol. The Morgan fingerprint density at radius 2 is 2.16 bits per heavy atom. The van der Waals surface area contributed by atoms with Gasteiger partial charge in [-0.1, -0.05) is 19.9 Å². The van der Waals surface area contributed by atoms with Crippen LogP contribution in [0.5, 0.6) is 0 Å².